The van der Waals surface area contributed by atoms with E-state index < -0.39 is 0 Å². The molecule has 2 aromatic rings. The molecular formula is C12H12Cl2NO+. The van der Waals surface area contributed by atoms with Crippen LogP contribution in [0.5, 0.6) is 0 Å². The molecule has 0 aliphatic carbocycles. The smallest absolute Gasteiger partial charge is 0.158 e. The molecule has 2 rings (SSSR count). The van der Waals surface area contributed by atoms with E-state index in [-0.39, 0.29) is 0 Å². The van der Waals surface area contributed by atoms with E-state index in [9.17, 15) is 0 Å². The zero-order valence-corrected chi connectivity index (χ0v) is 10.3. The number of furan rings is 1. The van der Waals surface area contributed by atoms with Crippen LogP contribution < -0.4 is 5.32 Å². The Morgan fingerprint density at radius 1 is 1.19 bits per heavy atom. The number of nitrogens with two attached hydrogens (primary N) is 1. The van der Waals surface area contributed by atoms with Crippen LogP contribution in [0.4, 0.5) is 0 Å². The second-order valence-electron chi connectivity index (χ2n) is 3.50. The quantitative estimate of drug-likeness (QED) is 0.900. The van der Waals surface area contributed by atoms with E-state index in [1.54, 1.807) is 12.1 Å². The minimum atomic E-state index is 0.605. The first-order valence-electron chi connectivity index (χ1n) is 5.02. The van der Waals surface area contributed by atoms with Gasteiger partial charge in [-0.3, -0.25) is 0 Å². The Bertz CT molecular complexity index is 494. The van der Waals surface area contributed by atoms with Gasteiger partial charge in [-0.1, -0.05) is 23.2 Å². The molecule has 84 valence electrons. The predicted octanol–water partition coefficient (Wildman–Crippen LogP) is 2.95. The molecule has 0 spiro atoms. The van der Waals surface area contributed by atoms with Crippen molar-refractivity contribution in [1.29, 1.82) is 0 Å². The van der Waals surface area contributed by atoms with Crippen LogP contribution in [0.1, 0.15) is 5.76 Å². The van der Waals surface area contributed by atoms with E-state index in [1.807, 2.05) is 30.6 Å². The molecule has 0 aliphatic heterocycles. The van der Waals surface area contributed by atoms with Crippen LogP contribution >= 0.6 is 23.2 Å². The Morgan fingerprint density at radius 2 is 2.00 bits per heavy atom. The monoisotopic (exact) mass is 256 g/mol. The van der Waals surface area contributed by atoms with Crippen molar-refractivity contribution in [2.75, 3.05) is 7.05 Å². The Balaban J connectivity index is 2.35. The molecule has 0 amide bonds. The maximum absolute atomic E-state index is 6.10. The van der Waals surface area contributed by atoms with Crippen LogP contribution in [0.2, 0.25) is 10.0 Å². The average Bonchev–Trinajstić information content (AvgIpc) is 2.67. The van der Waals surface area contributed by atoms with E-state index in [0.29, 0.717) is 10.0 Å². The number of hydrogen-bond donors (Lipinski definition) is 1. The average molecular weight is 257 g/mol. The zero-order chi connectivity index (χ0) is 11.5. The Kier molecular flexibility index (Phi) is 3.54. The molecule has 0 saturated carbocycles. The van der Waals surface area contributed by atoms with Crippen molar-refractivity contribution in [3.05, 3.63) is 46.1 Å². The van der Waals surface area contributed by atoms with Crippen molar-refractivity contribution in [3.63, 3.8) is 0 Å². The third-order valence-corrected chi connectivity index (χ3v) is 2.81. The second-order valence-corrected chi connectivity index (χ2v) is 4.35. The topological polar surface area (TPSA) is 29.8 Å². The first-order valence-corrected chi connectivity index (χ1v) is 5.78. The van der Waals surface area contributed by atoms with E-state index in [1.165, 1.54) is 0 Å². The summed E-state index contributed by atoms with van der Waals surface area (Å²) in [5, 5.41) is 3.28. The third kappa shape index (κ3) is 2.40. The fourth-order valence-corrected chi connectivity index (χ4v) is 2.02. The van der Waals surface area contributed by atoms with Crippen LogP contribution in [-0.2, 0) is 6.54 Å². The van der Waals surface area contributed by atoms with Gasteiger partial charge in [-0.05, 0) is 30.3 Å². The van der Waals surface area contributed by atoms with E-state index in [0.717, 1.165) is 23.6 Å². The normalized spacial score (nSPS) is 10.7. The summed E-state index contributed by atoms with van der Waals surface area (Å²) in [5.74, 6) is 1.71. The minimum absolute atomic E-state index is 0.605. The van der Waals surface area contributed by atoms with Gasteiger partial charge >= 0.3 is 0 Å². The molecule has 0 saturated heterocycles. The Morgan fingerprint density at radius 3 is 2.69 bits per heavy atom. The number of halogens is 2. The van der Waals surface area contributed by atoms with Crippen molar-refractivity contribution in [2.24, 2.45) is 0 Å². The lowest BCUT2D eigenvalue weighted by molar-refractivity contribution is -0.645. The maximum Gasteiger partial charge on any atom is 0.158 e. The highest BCUT2D eigenvalue weighted by Crippen LogP contribution is 2.31. The second kappa shape index (κ2) is 4.91. The van der Waals surface area contributed by atoms with Gasteiger partial charge in [-0.25, -0.2) is 0 Å². The van der Waals surface area contributed by atoms with Gasteiger partial charge in [-0.15, -0.1) is 0 Å². The molecule has 2 nitrogen and oxygen atoms in total. The zero-order valence-electron chi connectivity index (χ0n) is 8.84. The van der Waals surface area contributed by atoms with Gasteiger partial charge in [0.25, 0.3) is 0 Å². The van der Waals surface area contributed by atoms with Gasteiger partial charge in [0, 0.05) is 10.6 Å². The van der Waals surface area contributed by atoms with Crippen LogP contribution in [0, 0.1) is 0 Å². The molecule has 2 N–H and O–H groups in total. The van der Waals surface area contributed by atoms with Gasteiger partial charge < -0.3 is 9.73 Å². The number of hydrogen-bond acceptors (Lipinski definition) is 1. The van der Waals surface area contributed by atoms with Crippen LogP contribution in [-0.4, -0.2) is 7.05 Å². The molecular weight excluding hydrogens is 245 g/mol. The van der Waals surface area contributed by atoms with Gasteiger partial charge in [0.1, 0.15) is 12.3 Å². The van der Waals surface area contributed by atoms with Crippen molar-refractivity contribution < 1.29 is 9.73 Å². The maximum atomic E-state index is 6.10. The largest absolute Gasteiger partial charge is 0.455 e. The molecule has 0 unspecified atom stereocenters. The van der Waals surface area contributed by atoms with Crippen molar-refractivity contribution in [1.82, 2.24) is 0 Å². The fraction of sp³-hybridized carbons (Fsp3) is 0.167. The summed E-state index contributed by atoms with van der Waals surface area (Å²) in [6.07, 6.45) is 0. The SMILES string of the molecule is C[NH2+]Cc1ccc(-c2ccc(Cl)cc2Cl)o1. The van der Waals surface area contributed by atoms with E-state index in [4.69, 9.17) is 27.6 Å². The standard InChI is InChI=1S/C12H11Cl2NO/c1-15-7-9-3-5-12(16-9)10-4-2-8(13)6-11(10)14/h2-6,15H,7H2,1H3/p+1. The lowest BCUT2D eigenvalue weighted by Crippen LogP contribution is -2.77. The van der Waals surface area contributed by atoms with E-state index >= 15 is 0 Å². The van der Waals surface area contributed by atoms with Crippen LogP contribution in [0.25, 0.3) is 11.3 Å². The highest BCUT2D eigenvalue weighted by molar-refractivity contribution is 6.36. The number of rotatable bonds is 3. The number of benzene rings is 1. The Hall–Kier alpha value is -0.960. The summed E-state index contributed by atoms with van der Waals surface area (Å²) in [4.78, 5) is 0. The summed E-state index contributed by atoms with van der Waals surface area (Å²) >= 11 is 11.9. The van der Waals surface area contributed by atoms with Crippen molar-refractivity contribution in [2.45, 2.75) is 6.54 Å². The predicted molar refractivity (Wildman–Crippen MR) is 65.7 cm³/mol. The van der Waals surface area contributed by atoms with E-state index in [2.05, 4.69) is 0 Å². The molecule has 4 heteroatoms. The molecule has 0 atom stereocenters. The van der Waals surface area contributed by atoms with Crippen molar-refractivity contribution >= 4 is 23.2 Å². The fourth-order valence-electron chi connectivity index (χ4n) is 1.52. The number of quaternary nitrogens is 1. The minimum Gasteiger partial charge on any atom is -0.455 e. The van der Waals surface area contributed by atoms with Crippen LogP contribution in [0.3, 0.4) is 0 Å². The molecule has 0 bridgehead atoms. The van der Waals surface area contributed by atoms with Gasteiger partial charge in [0.15, 0.2) is 5.76 Å². The summed E-state index contributed by atoms with van der Waals surface area (Å²) in [6, 6.07) is 9.26. The lowest BCUT2D eigenvalue weighted by atomic mass is 10.2. The molecule has 0 radical (unpaired) electrons. The molecule has 1 heterocycles. The lowest BCUT2D eigenvalue weighted by Gasteiger charge is -2.01. The first-order chi connectivity index (χ1) is 7.70. The summed E-state index contributed by atoms with van der Waals surface area (Å²) in [5.41, 5.74) is 0.869. The highest BCUT2D eigenvalue weighted by Gasteiger charge is 2.09. The molecule has 1 aromatic carbocycles. The molecule has 0 aliphatic rings. The molecule has 1 aromatic heterocycles. The van der Waals surface area contributed by atoms with Crippen molar-refractivity contribution in [3.8, 4) is 11.3 Å². The van der Waals surface area contributed by atoms with Gasteiger partial charge in [-0.2, -0.15) is 0 Å². The highest BCUT2D eigenvalue weighted by atomic mass is 35.5. The summed E-state index contributed by atoms with van der Waals surface area (Å²) < 4.78 is 5.67. The summed E-state index contributed by atoms with van der Waals surface area (Å²) in [7, 11) is 2.00. The van der Waals surface area contributed by atoms with Gasteiger partial charge in [0.2, 0.25) is 0 Å². The summed E-state index contributed by atoms with van der Waals surface area (Å²) in [6.45, 7) is 0.825. The Labute approximate surface area is 104 Å². The molecule has 0 fully saturated rings. The first kappa shape index (κ1) is 11.5. The molecule has 16 heavy (non-hydrogen) atoms. The van der Waals surface area contributed by atoms with Gasteiger partial charge in [0.05, 0.1) is 12.1 Å². The third-order valence-electron chi connectivity index (χ3n) is 2.26. The van der Waals surface area contributed by atoms with Crippen LogP contribution in [0.15, 0.2) is 34.7 Å².